The van der Waals surface area contributed by atoms with Crippen molar-refractivity contribution in [2.24, 2.45) is 0 Å². The molecule has 3 aromatic carbocycles. The fourth-order valence-corrected chi connectivity index (χ4v) is 7.32. The van der Waals surface area contributed by atoms with Gasteiger partial charge in [0.2, 0.25) is 21.8 Å². The topological polar surface area (TPSA) is 125 Å². The quantitative estimate of drug-likeness (QED) is 0.286. The maximum atomic E-state index is 14.2. The van der Waals surface area contributed by atoms with Crippen LogP contribution in [0.25, 0.3) is 0 Å². The zero-order valence-electron chi connectivity index (χ0n) is 28.0. The van der Waals surface area contributed by atoms with Gasteiger partial charge in [0.15, 0.2) is 0 Å². The van der Waals surface area contributed by atoms with E-state index in [0.717, 1.165) is 22.9 Å². The van der Waals surface area contributed by atoms with E-state index >= 15 is 0 Å². The van der Waals surface area contributed by atoms with Gasteiger partial charge in [-0.05, 0) is 80.0 Å². The zero-order chi connectivity index (χ0) is 35.5. The molecule has 2 aliphatic rings. The number of carbonyl (C=O) groups excluding carboxylic acids is 3. The second-order valence-electron chi connectivity index (χ2n) is 13.7. The minimum absolute atomic E-state index is 0.0299. The van der Waals surface area contributed by atoms with Crippen molar-refractivity contribution in [2.75, 3.05) is 24.1 Å². The molecule has 10 nitrogen and oxygen atoms in total. The molecule has 1 fully saturated rings. The number of sulfonamides is 1. The van der Waals surface area contributed by atoms with Gasteiger partial charge in [0.05, 0.1) is 28.5 Å². The average Bonchev–Trinajstić information content (AvgIpc) is 3.04. The number of anilines is 1. The van der Waals surface area contributed by atoms with Gasteiger partial charge in [-0.2, -0.15) is 0 Å². The van der Waals surface area contributed by atoms with E-state index in [-0.39, 0.29) is 31.2 Å². The van der Waals surface area contributed by atoms with E-state index in [1.165, 1.54) is 4.90 Å². The Hall–Kier alpha value is -3.80. The van der Waals surface area contributed by atoms with Gasteiger partial charge in [0, 0.05) is 25.9 Å². The Morgan fingerprint density at radius 1 is 0.939 bits per heavy atom. The van der Waals surface area contributed by atoms with Crippen LogP contribution >= 0.6 is 23.2 Å². The standard InChI is InChI=1S/C36H42Cl2N4O6S/c1-36(2,3)48-35(45)42-22-26-10-6-5-9-25(26)21-32(42)33(43)39-31(20-23-13-14-28(37)29(38)19-23)34(44)41-17-15-24(16-18-41)27-11-7-8-12-30(27)40-49(4,46)47/h5-14,19,24,31-32,40H,15-18,20-22H2,1-4H3,(H,39,43)/t31-,32+/m1/s1. The van der Waals surface area contributed by atoms with Crippen molar-refractivity contribution in [1.82, 2.24) is 15.1 Å². The highest BCUT2D eigenvalue weighted by Crippen LogP contribution is 2.34. The number of nitrogens with one attached hydrogen (secondary N) is 2. The summed E-state index contributed by atoms with van der Waals surface area (Å²) in [4.78, 5) is 44.9. The van der Waals surface area contributed by atoms with E-state index in [0.29, 0.717) is 47.2 Å². The van der Waals surface area contributed by atoms with Crippen molar-refractivity contribution in [1.29, 1.82) is 0 Å². The number of piperidine rings is 1. The first-order valence-corrected chi connectivity index (χ1v) is 18.9. The molecule has 2 heterocycles. The van der Waals surface area contributed by atoms with E-state index in [1.807, 2.05) is 36.4 Å². The SMILES string of the molecule is CC(C)(C)OC(=O)N1Cc2ccccc2C[C@H]1C(=O)N[C@H](Cc1ccc(Cl)c(Cl)c1)C(=O)N1CCC(c2ccccc2NS(C)(=O)=O)CC1. The van der Waals surface area contributed by atoms with Crippen LogP contribution in [0.4, 0.5) is 10.5 Å². The molecule has 0 bridgehead atoms. The summed E-state index contributed by atoms with van der Waals surface area (Å²) in [7, 11) is -3.47. The largest absolute Gasteiger partial charge is 0.444 e. The number of amides is 3. The molecule has 2 N–H and O–H groups in total. The van der Waals surface area contributed by atoms with Crippen molar-refractivity contribution in [3.63, 3.8) is 0 Å². The third kappa shape index (κ3) is 9.46. The number of nitrogens with zero attached hydrogens (tertiary/aromatic N) is 2. The van der Waals surface area contributed by atoms with Gasteiger partial charge in [-0.3, -0.25) is 19.2 Å². The molecule has 0 unspecified atom stereocenters. The van der Waals surface area contributed by atoms with Gasteiger partial charge in [0.1, 0.15) is 17.7 Å². The highest BCUT2D eigenvalue weighted by molar-refractivity contribution is 7.92. The normalized spacial score (nSPS) is 17.6. The van der Waals surface area contributed by atoms with Crippen LogP contribution in [0.3, 0.4) is 0 Å². The van der Waals surface area contributed by atoms with E-state index in [1.54, 1.807) is 56.0 Å². The minimum atomic E-state index is -3.47. The highest BCUT2D eigenvalue weighted by atomic mass is 35.5. The van der Waals surface area contributed by atoms with Crippen LogP contribution in [0.15, 0.2) is 66.7 Å². The monoisotopic (exact) mass is 728 g/mol. The molecular weight excluding hydrogens is 687 g/mol. The van der Waals surface area contributed by atoms with Crippen LogP contribution in [0.2, 0.25) is 10.0 Å². The third-order valence-corrected chi connectivity index (χ3v) is 10.0. The van der Waals surface area contributed by atoms with E-state index < -0.39 is 39.7 Å². The Labute approximate surface area is 298 Å². The molecule has 1 saturated heterocycles. The lowest BCUT2D eigenvalue weighted by Crippen LogP contribution is -2.58. The molecule has 2 atom stereocenters. The van der Waals surface area contributed by atoms with Crippen molar-refractivity contribution >= 4 is 56.8 Å². The Morgan fingerprint density at radius 3 is 2.24 bits per heavy atom. The Bertz CT molecular complexity index is 1820. The second-order valence-corrected chi connectivity index (χ2v) is 16.2. The molecule has 13 heteroatoms. The van der Waals surface area contributed by atoms with Crippen LogP contribution in [0, 0.1) is 0 Å². The molecule has 5 rings (SSSR count). The summed E-state index contributed by atoms with van der Waals surface area (Å²) in [5.41, 5.74) is 3.22. The first kappa shape index (κ1) is 36.5. The third-order valence-electron chi connectivity index (χ3n) is 8.72. The van der Waals surface area contributed by atoms with E-state index in [9.17, 15) is 22.8 Å². The van der Waals surface area contributed by atoms with Gasteiger partial charge in [-0.25, -0.2) is 13.2 Å². The van der Waals surface area contributed by atoms with Crippen LogP contribution in [-0.2, 0) is 43.7 Å². The first-order valence-electron chi connectivity index (χ1n) is 16.2. The lowest BCUT2D eigenvalue weighted by atomic mass is 9.88. The summed E-state index contributed by atoms with van der Waals surface area (Å²) in [6, 6.07) is 18.2. The molecular formula is C36H42Cl2N4O6S. The summed E-state index contributed by atoms with van der Waals surface area (Å²) >= 11 is 12.5. The number of halogens is 2. The van der Waals surface area contributed by atoms with Gasteiger partial charge in [-0.15, -0.1) is 0 Å². The van der Waals surface area contributed by atoms with Crippen molar-refractivity contribution in [2.45, 2.75) is 76.6 Å². The van der Waals surface area contributed by atoms with Crippen molar-refractivity contribution in [3.8, 4) is 0 Å². The Balaban J connectivity index is 1.37. The summed E-state index contributed by atoms with van der Waals surface area (Å²) in [6.07, 6.45) is 2.13. The Kier molecular flexibility index (Phi) is 11.2. The molecule has 0 aromatic heterocycles. The lowest BCUT2D eigenvalue weighted by Gasteiger charge is -2.38. The number of fused-ring (bicyclic) bond motifs is 1. The number of hydrogen-bond donors (Lipinski definition) is 2. The Morgan fingerprint density at radius 2 is 1.59 bits per heavy atom. The van der Waals surface area contributed by atoms with Crippen molar-refractivity contribution < 1.29 is 27.5 Å². The zero-order valence-corrected chi connectivity index (χ0v) is 30.4. The number of carbonyl (C=O) groups is 3. The molecule has 3 amide bonds. The van der Waals surface area contributed by atoms with Crippen molar-refractivity contribution in [3.05, 3.63) is 99.0 Å². The fraction of sp³-hybridized carbons (Fsp3) is 0.417. The maximum Gasteiger partial charge on any atom is 0.411 e. The van der Waals surface area contributed by atoms with E-state index in [2.05, 4.69) is 10.0 Å². The molecule has 2 aliphatic heterocycles. The predicted octanol–water partition coefficient (Wildman–Crippen LogP) is 6.16. The first-order chi connectivity index (χ1) is 23.1. The van der Waals surface area contributed by atoms with Crippen LogP contribution in [0.1, 0.15) is 61.8 Å². The van der Waals surface area contributed by atoms with Gasteiger partial charge < -0.3 is 15.0 Å². The number of likely N-dealkylation sites (tertiary alicyclic amines) is 1. The van der Waals surface area contributed by atoms with Crippen LogP contribution in [0.5, 0.6) is 0 Å². The van der Waals surface area contributed by atoms with Gasteiger partial charge >= 0.3 is 6.09 Å². The second kappa shape index (κ2) is 15.0. The average molecular weight is 730 g/mol. The number of ether oxygens (including phenoxy) is 1. The van der Waals surface area contributed by atoms with E-state index in [4.69, 9.17) is 27.9 Å². The number of hydrogen-bond acceptors (Lipinski definition) is 6. The predicted molar refractivity (Wildman–Crippen MR) is 191 cm³/mol. The number of para-hydroxylation sites is 1. The molecule has 0 radical (unpaired) electrons. The molecule has 3 aromatic rings. The molecule has 49 heavy (non-hydrogen) atoms. The highest BCUT2D eigenvalue weighted by Gasteiger charge is 2.39. The fourth-order valence-electron chi connectivity index (χ4n) is 6.42. The number of benzene rings is 3. The summed E-state index contributed by atoms with van der Waals surface area (Å²) in [5, 5.41) is 3.70. The summed E-state index contributed by atoms with van der Waals surface area (Å²) in [5.74, 6) is -0.697. The number of rotatable bonds is 8. The molecule has 0 saturated carbocycles. The van der Waals surface area contributed by atoms with Gasteiger partial charge in [-0.1, -0.05) is 71.7 Å². The van der Waals surface area contributed by atoms with Crippen LogP contribution < -0.4 is 10.0 Å². The smallest absolute Gasteiger partial charge is 0.411 e. The molecule has 0 aliphatic carbocycles. The minimum Gasteiger partial charge on any atom is -0.444 e. The molecule has 0 spiro atoms. The molecule has 262 valence electrons. The summed E-state index contributed by atoms with van der Waals surface area (Å²) in [6.45, 7) is 6.32. The van der Waals surface area contributed by atoms with Gasteiger partial charge in [0.25, 0.3) is 0 Å². The summed E-state index contributed by atoms with van der Waals surface area (Å²) < 4.78 is 32.3. The lowest BCUT2D eigenvalue weighted by molar-refractivity contribution is -0.138. The maximum absolute atomic E-state index is 14.2. The van der Waals surface area contributed by atoms with Crippen LogP contribution in [-0.4, -0.2) is 73.2 Å².